The maximum Gasteiger partial charge on any atom is 0.404 e. The van der Waals surface area contributed by atoms with Gasteiger partial charge >= 0.3 is 18.1 Å². The van der Waals surface area contributed by atoms with E-state index < -0.39 is 77.7 Å². The number of aliphatic hydroxyl groups is 4. The Morgan fingerprint density at radius 1 is 1.09 bits per heavy atom. The van der Waals surface area contributed by atoms with Crippen LogP contribution in [0, 0.1) is 17.6 Å². The SMILES string of the molecule is CC1CC(F)CN(c2nc(OC(O)(O)C34CCC(O)(O)N3CC(F)C4)nc3c(F)c(-c4cc(O)cc5ccc(F)c(CCCOC(N)=O)c45)ncc23)C1. The number of benzene rings is 2. The number of carbonyl (C=O) groups excluding carboxylic acids is 1. The van der Waals surface area contributed by atoms with Gasteiger partial charge in [-0.1, -0.05) is 13.0 Å². The van der Waals surface area contributed by atoms with Crippen LogP contribution in [0.25, 0.3) is 32.9 Å². The van der Waals surface area contributed by atoms with E-state index in [0.29, 0.717) is 5.39 Å². The number of piperidine rings is 1. The molecule has 4 aromatic rings. The summed E-state index contributed by atoms with van der Waals surface area (Å²) in [7, 11) is 0. The van der Waals surface area contributed by atoms with E-state index in [1.54, 1.807) is 0 Å². The number of aryl methyl sites for hydroxylation is 1. The minimum atomic E-state index is -3.35. The van der Waals surface area contributed by atoms with Crippen molar-refractivity contribution in [2.45, 2.75) is 75.2 Å². The van der Waals surface area contributed by atoms with E-state index in [9.17, 15) is 39.1 Å². The van der Waals surface area contributed by atoms with Crippen LogP contribution in [0.4, 0.5) is 28.2 Å². The first-order valence-corrected chi connectivity index (χ1v) is 17.1. The fraction of sp³-hybridized carbons (Fsp3) is 0.486. The fourth-order valence-electron chi connectivity index (χ4n) is 8.14. The summed E-state index contributed by atoms with van der Waals surface area (Å²) in [5, 5.41) is 55.0. The van der Waals surface area contributed by atoms with Crippen LogP contribution in [0.1, 0.15) is 44.6 Å². The molecule has 3 fully saturated rings. The van der Waals surface area contributed by atoms with Gasteiger partial charge in [0.05, 0.1) is 18.5 Å². The lowest BCUT2D eigenvalue weighted by Gasteiger charge is -2.42. The molecule has 53 heavy (non-hydrogen) atoms. The number of aromatic nitrogens is 3. The number of amides is 1. The first kappa shape index (κ1) is 36.7. The van der Waals surface area contributed by atoms with Gasteiger partial charge in [0.1, 0.15) is 46.5 Å². The zero-order valence-electron chi connectivity index (χ0n) is 28.5. The summed E-state index contributed by atoms with van der Waals surface area (Å²) in [4.78, 5) is 26.2. The van der Waals surface area contributed by atoms with Crippen molar-refractivity contribution in [3.05, 3.63) is 47.7 Å². The number of nitrogens with two attached hydrogens (primary N) is 1. The summed E-state index contributed by atoms with van der Waals surface area (Å²) in [6, 6.07) is 4.29. The Labute approximate surface area is 299 Å². The Hall–Kier alpha value is -4.62. The van der Waals surface area contributed by atoms with Gasteiger partial charge in [0.2, 0.25) is 5.91 Å². The molecule has 18 heteroatoms. The van der Waals surface area contributed by atoms with Gasteiger partial charge in [0.25, 0.3) is 0 Å². The van der Waals surface area contributed by atoms with Gasteiger partial charge in [0.15, 0.2) is 5.82 Å². The average Bonchev–Trinajstić information content (AvgIpc) is 3.56. The molecule has 3 aliphatic heterocycles. The minimum Gasteiger partial charge on any atom is -0.508 e. The van der Waals surface area contributed by atoms with Crippen molar-refractivity contribution in [3.8, 4) is 23.0 Å². The molecule has 0 radical (unpaired) electrons. The Morgan fingerprint density at radius 2 is 1.87 bits per heavy atom. The van der Waals surface area contributed by atoms with Gasteiger partial charge in [-0.15, -0.1) is 0 Å². The Morgan fingerprint density at radius 3 is 2.60 bits per heavy atom. The van der Waals surface area contributed by atoms with Gasteiger partial charge in [-0.05, 0) is 66.1 Å². The number of anilines is 1. The molecular formula is C35H38F4N6O8. The molecule has 4 unspecified atom stereocenters. The standard InChI is InChI=1S/C35H38F4N6O8/c1-17-9-19(36)15-44(14-17)30-24-13-41-28(23-11-21(46)10-18-4-5-25(38)22(26(18)23)3-2-8-52-31(40)47)27(39)29(24)42-32(43-30)53-35(50,51)33-6-7-34(48,49)45(33)16-20(37)12-33/h4-5,10-11,13,17,19-20,46,48-51H,2-3,6-9,12,14-16H2,1H3,(H2,40,47). The summed E-state index contributed by atoms with van der Waals surface area (Å²) in [6.07, 6.45) is -3.61. The minimum absolute atomic E-state index is 0.0157. The molecule has 0 bridgehead atoms. The summed E-state index contributed by atoms with van der Waals surface area (Å²) in [5.41, 5.74) is 2.17. The number of rotatable bonds is 9. The van der Waals surface area contributed by atoms with Gasteiger partial charge < -0.3 is 45.6 Å². The lowest BCUT2D eigenvalue weighted by Crippen LogP contribution is -2.65. The number of alkyl halides is 2. The maximum absolute atomic E-state index is 17.0. The number of aromatic hydroxyl groups is 1. The molecule has 7 rings (SSSR count). The van der Waals surface area contributed by atoms with E-state index in [2.05, 4.69) is 15.0 Å². The van der Waals surface area contributed by atoms with E-state index in [0.717, 1.165) is 4.90 Å². The molecule has 0 aliphatic carbocycles. The van der Waals surface area contributed by atoms with E-state index in [1.165, 1.54) is 35.4 Å². The molecule has 4 atom stereocenters. The average molecular weight is 747 g/mol. The predicted octanol–water partition coefficient (Wildman–Crippen LogP) is 3.27. The number of phenolic OH excluding ortho intramolecular Hbond substituents is 1. The second-order valence-corrected chi connectivity index (χ2v) is 14.2. The number of primary amides is 1. The van der Waals surface area contributed by atoms with Crippen molar-refractivity contribution >= 4 is 33.6 Å². The van der Waals surface area contributed by atoms with Gasteiger partial charge in [-0.3, -0.25) is 4.98 Å². The second kappa shape index (κ2) is 13.3. The van der Waals surface area contributed by atoms with Gasteiger partial charge in [0, 0.05) is 37.7 Å². The molecule has 7 N–H and O–H groups in total. The van der Waals surface area contributed by atoms with Crippen molar-refractivity contribution in [1.29, 1.82) is 0 Å². The molecular weight excluding hydrogens is 708 g/mol. The van der Waals surface area contributed by atoms with E-state index in [1.807, 2.05) is 6.92 Å². The number of halogens is 4. The van der Waals surface area contributed by atoms with E-state index in [-0.39, 0.29) is 91.2 Å². The highest BCUT2D eigenvalue weighted by molar-refractivity contribution is 6.01. The van der Waals surface area contributed by atoms with Crippen LogP contribution in [-0.4, -0.2) is 107 Å². The fourth-order valence-corrected chi connectivity index (χ4v) is 8.14. The largest absolute Gasteiger partial charge is 0.508 e. The number of fused-ring (bicyclic) bond motifs is 3. The maximum atomic E-state index is 17.0. The van der Waals surface area contributed by atoms with Crippen LogP contribution in [0.5, 0.6) is 11.8 Å². The Bertz CT molecular complexity index is 2080. The second-order valence-electron chi connectivity index (χ2n) is 14.2. The van der Waals surface area contributed by atoms with Crippen LogP contribution < -0.4 is 15.4 Å². The summed E-state index contributed by atoms with van der Waals surface area (Å²) >= 11 is 0. The monoisotopic (exact) mass is 746 g/mol. The van der Waals surface area contributed by atoms with E-state index in [4.69, 9.17) is 15.2 Å². The number of hydrogen-bond donors (Lipinski definition) is 6. The highest BCUT2D eigenvalue weighted by Crippen LogP contribution is 2.52. The van der Waals surface area contributed by atoms with Crippen molar-refractivity contribution in [1.82, 2.24) is 19.9 Å². The van der Waals surface area contributed by atoms with Crippen LogP contribution in [0.2, 0.25) is 0 Å². The molecule has 0 spiro atoms. The molecule has 1 amide bonds. The number of hydrogen-bond acceptors (Lipinski definition) is 13. The molecule has 0 saturated carbocycles. The van der Waals surface area contributed by atoms with Crippen LogP contribution >= 0.6 is 0 Å². The van der Waals surface area contributed by atoms with Gasteiger partial charge in [-0.25, -0.2) is 27.3 Å². The highest BCUT2D eigenvalue weighted by atomic mass is 19.1. The number of carbonyl (C=O) groups is 1. The lowest BCUT2D eigenvalue weighted by molar-refractivity contribution is -0.372. The summed E-state index contributed by atoms with van der Waals surface area (Å²) < 4.78 is 72.4. The number of ether oxygens (including phenoxy) is 2. The molecule has 3 aliphatic rings. The van der Waals surface area contributed by atoms with Crippen molar-refractivity contribution < 1.29 is 57.4 Å². The van der Waals surface area contributed by atoms with Crippen LogP contribution in [0.15, 0.2) is 30.5 Å². The van der Waals surface area contributed by atoms with E-state index >= 15 is 8.78 Å². The first-order valence-electron chi connectivity index (χ1n) is 17.1. The smallest absolute Gasteiger partial charge is 0.404 e. The quantitative estimate of drug-likeness (QED) is 0.0827. The molecule has 2 aromatic heterocycles. The zero-order valence-corrected chi connectivity index (χ0v) is 28.5. The van der Waals surface area contributed by atoms with Gasteiger partial charge in [-0.2, -0.15) is 9.97 Å². The van der Waals surface area contributed by atoms with Crippen molar-refractivity contribution in [3.63, 3.8) is 0 Å². The van der Waals surface area contributed by atoms with Crippen molar-refractivity contribution in [2.75, 3.05) is 31.1 Å². The topological polar surface area (TPSA) is 208 Å². The lowest BCUT2D eigenvalue weighted by atomic mass is 9.90. The third kappa shape index (κ3) is 6.51. The Kier molecular flexibility index (Phi) is 9.25. The first-order chi connectivity index (χ1) is 25.0. The number of nitrogens with zero attached hydrogens (tertiary/aromatic N) is 5. The summed E-state index contributed by atoms with van der Waals surface area (Å²) in [6.45, 7) is 1.23. The normalized spacial score (nSPS) is 24.5. The third-order valence-corrected chi connectivity index (χ3v) is 10.4. The molecule has 2 aromatic carbocycles. The van der Waals surface area contributed by atoms with Crippen molar-refractivity contribution in [2.24, 2.45) is 11.7 Å². The number of phenols is 1. The van der Waals surface area contributed by atoms with Crippen LogP contribution in [-0.2, 0) is 11.2 Å². The third-order valence-electron chi connectivity index (χ3n) is 10.4. The highest BCUT2D eigenvalue weighted by Gasteiger charge is 2.69. The molecule has 3 saturated heterocycles. The summed E-state index contributed by atoms with van der Waals surface area (Å²) in [5.74, 6) is -8.25. The number of pyridine rings is 1. The molecule has 284 valence electrons. The predicted molar refractivity (Wildman–Crippen MR) is 180 cm³/mol. The zero-order chi connectivity index (χ0) is 38.0. The Balaban J connectivity index is 1.38. The molecule has 5 heterocycles. The van der Waals surface area contributed by atoms with Crippen LogP contribution in [0.3, 0.4) is 0 Å². The molecule has 14 nitrogen and oxygen atoms in total.